The van der Waals surface area contributed by atoms with Gasteiger partial charge in [-0.05, 0) is 43.4 Å². The average molecular weight is 531 g/mol. The van der Waals surface area contributed by atoms with E-state index in [1.54, 1.807) is 0 Å². The predicted molar refractivity (Wildman–Crippen MR) is 152 cm³/mol. The van der Waals surface area contributed by atoms with Crippen LogP contribution in [0.3, 0.4) is 0 Å². The van der Waals surface area contributed by atoms with E-state index in [4.69, 9.17) is 28.4 Å². The first-order valence-electron chi connectivity index (χ1n) is 15.7. The van der Waals surface area contributed by atoms with Crippen LogP contribution in [-0.2, 0) is 28.4 Å². The molecule has 6 nitrogen and oxygen atoms in total. The number of ether oxygens (including phenoxy) is 6. The quantitative estimate of drug-likeness (QED) is 0.254. The van der Waals surface area contributed by atoms with Crippen molar-refractivity contribution in [2.24, 2.45) is 17.8 Å². The number of hydrogen-bond donors (Lipinski definition) is 0. The molecule has 0 aliphatic carbocycles. The van der Waals surface area contributed by atoms with Crippen LogP contribution in [-0.4, -0.2) is 77.8 Å². The van der Waals surface area contributed by atoms with Crippen LogP contribution >= 0.6 is 0 Å². The fourth-order valence-corrected chi connectivity index (χ4v) is 5.26. The van der Waals surface area contributed by atoms with Crippen molar-refractivity contribution in [3.05, 3.63) is 0 Å². The molecule has 0 radical (unpaired) electrons. The van der Waals surface area contributed by atoms with Gasteiger partial charge in [-0.15, -0.1) is 0 Å². The van der Waals surface area contributed by atoms with Crippen LogP contribution in [0.1, 0.15) is 106 Å². The maximum Gasteiger partial charge on any atom is 0.0837 e. The minimum absolute atomic E-state index is 0.0731. The molecule has 1 aliphatic heterocycles. The molecule has 1 saturated heterocycles. The summed E-state index contributed by atoms with van der Waals surface area (Å²) in [5.41, 5.74) is 0. The van der Waals surface area contributed by atoms with Crippen LogP contribution < -0.4 is 0 Å². The third-order valence-corrected chi connectivity index (χ3v) is 7.76. The van der Waals surface area contributed by atoms with Crippen molar-refractivity contribution in [1.29, 1.82) is 0 Å². The van der Waals surface area contributed by atoms with Crippen molar-refractivity contribution in [3.8, 4) is 0 Å². The van der Waals surface area contributed by atoms with E-state index < -0.39 is 0 Å². The smallest absolute Gasteiger partial charge is 0.0837 e. The first-order chi connectivity index (χ1) is 18.1. The molecule has 1 heterocycles. The van der Waals surface area contributed by atoms with E-state index in [0.29, 0.717) is 77.2 Å². The zero-order valence-electron chi connectivity index (χ0n) is 25.3. The molecule has 0 amide bonds. The zero-order valence-corrected chi connectivity index (χ0v) is 25.3. The third-order valence-electron chi connectivity index (χ3n) is 7.76. The molecule has 222 valence electrons. The lowest BCUT2D eigenvalue weighted by Gasteiger charge is -2.29. The fourth-order valence-electron chi connectivity index (χ4n) is 5.26. The Labute approximate surface area is 229 Å². The highest BCUT2D eigenvalue weighted by Crippen LogP contribution is 2.23. The lowest BCUT2D eigenvalue weighted by atomic mass is 9.91. The van der Waals surface area contributed by atoms with Crippen molar-refractivity contribution >= 4 is 0 Å². The predicted octanol–water partition coefficient (Wildman–Crippen LogP) is 7.07. The van der Waals surface area contributed by atoms with Gasteiger partial charge in [0.2, 0.25) is 0 Å². The van der Waals surface area contributed by atoms with Crippen molar-refractivity contribution in [2.75, 3.05) is 59.5 Å². The molecule has 0 aromatic carbocycles. The molecular formula is C31H62O6. The van der Waals surface area contributed by atoms with Gasteiger partial charge in [0.05, 0.1) is 77.8 Å². The summed E-state index contributed by atoms with van der Waals surface area (Å²) < 4.78 is 37.3. The van der Waals surface area contributed by atoms with Crippen molar-refractivity contribution in [2.45, 2.75) is 124 Å². The lowest BCUT2D eigenvalue weighted by Crippen LogP contribution is -2.34. The maximum atomic E-state index is 6.42. The van der Waals surface area contributed by atoms with Crippen molar-refractivity contribution in [1.82, 2.24) is 0 Å². The van der Waals surface area contributed by atoms with Crippen molar-refractivity contribution in [3.63, 3.8) is 0 Å². The Kier molecular flexibility index (Phi) is 22.2. The van der Waals surface area contributed by atoms with E-state index in [2.05, 4.69) is 41.5 Å². The van der Waals surface area contributed by atoms with Gasteiger partial charge in [0.1, 0.15) is 0 Å². The SMILES string of the molecule is CCCCC(CCC)C1COCCOC(C(C)CC)COCCOC(C(CCC)CCC)COCCO1. The van der Waals surface area contributed by atoms with E-state index in [9.17, 15) is 0 Å². The molecule has 5 atom stereocenters. The third kappa shape index (κ3) is 15.8. The summed E-state index contributed by atoms with van der Waals surface area (Å²) in [6.45, 7) is 18.8. The van der Waals surface area contributed by atoms with Crippen LogP contribution in [0.2, 0.25) is 0 Å². The summed E-state index contributed by atoms with van der Waals surface area (Å²) in [5, 5.41) is 0. The Morgan fingerprint density at radius 2 is 0.919 bits per heavy atom. The number of rotatable bonds is 13. The fraction of sp³-hybridized carbons (Fsp3) is 1.00. The van der Waals surface area contributed by atoms with E-state index in [0.717, 1.165) is 19.3 Å². The minimum Gasteiger partial charge on any atom is -0.376 e. The van der Waals surface area contributed by atoms with Crippen LogP contribution in [0.25, 0.3) is 0 Å². The Hall–Kier alpha value is -0.240. The molecule has 1 aliphatic rings. The Morgan fingerprint density at radius 1 is 0.514 bits per heavy atom. The monoisotopic (exact) mass is 530 g/mol. The molecule has 0 aromatic heterocycles. The molecule has 0 aromatic rings. The summed E-state index contributed by atoms with van der Waals surface area (Å²) in [5.74, 6) is 1.47. The normalized spacial score (nSPS) is 25.9. The molecule has 1 fully saturated rings. The molecule has 0 spiro atoms. The summed E-state index contributed by atoms with van der Waals surface area (Å²) >= 11 is 0. The second-order valence-electron chi connectivity index (χ2n) is 10.9. The molecule has 0 saturated carbocycles. The van der Waals surface area contributed by atoms with Gasteiger partial charge in [-0.1, -0.05) is 80.1 Å². The van der Waals surface area contributed by atoms with E-state index in [1.165, 1.54) is 44.9 Å². The second kappa shape index (κ2) is 23.6. The summed E-state index contributed by atoms with van der Waals surface area (Å²) in [7, 11) is 0. The lowest BCUT2D eigenvalue weighted by molar-refractivity contribution is -0.112. The largest absolute Gasteiger partial charge is 0.376 e. The number of unbranched alkanes of at least 4 members (excludes halogenated alkanes) is 1. The zero-order chi connectivity index (χ0) is 27.1. The molecule has 0 N–H and O–H groups in total. The highest BCUT2D eigenvalue weighted by molar-refractivity contribution is 4.73. The molecule has 1 rings (SSSR count). The molecular weight excluding hydrogens is 468 g/mol. The average Bonchev–Trinajstić information content (AvgIpc) is 2.90. The summed E-state index contributed by atoms with van der Waals surface area (Å²) in [6.07, 6.45) is 12.0. The van der Waals surface area contributed by atoms with Gasteiger partial charge in [-0.2, -0.15) is 0 Å². The van der Waals surface area contributed by atoms with Gasteiger partial charge < -0.3 is 28.4 Å². The van der Waals surface area contributed by atoms with E-state index in [-0.39, 0.29) is 18.3 Å². The van der Waals surface area contributed by atoms with E-state index >= 15 is 0 Å². The Morgan fingerprint density at radius 3 is 1.32 bits per heavy atom. The molecule has 6 heteroatoms. The van der Waals surface area contributed by atoms with Gasteiger partial charge in [-0.25, -0.2) is 0 Å². The van der Waals surface area contributed by atoms with Crippen LogP contribution in [0.4, 0.5) is 0 Å². The van der Waals surface area contributed by atoms with Crippen molar-refractivity contribution < 1.29 is 28.4 Å². The Balaban J connectivity index is 2.87. The van der Waals surface area contributed by atoms with Crippen LogP contribution in [0, 0.1) is 17.8 Å². The highest BCUT2D eigenvalue weighted by atomic mass is 16.6. The maximum absolute atomic E-state index is 6.42. The molecule has 0 bridgehead atoms. The Bertz CT molecular complexity index is 484. The van der Waals surface area contributed by atoms with Gasteiger partial charge >= 0.3 is 0 Å². The van der Waals surface area contributed by atoms with Gasteiger partial charge in [0.25, 0.3) is 0 Å². The van der Waals surface area contributed by atoms with Gasteiger partial charge in [-0.3, -0.25) is 0 Å². The van der Waals surface area contributed by atoms with Gasteiger partial charge in [0, 0.05) is 0 Å². The topological polar surface area (TPSA) is 55.4 Å². The summed E-state index contributed by atoms with van der Waals surface area (Å²) in [6, 6.07) is 0. The minimum atomic E-state index is 0.0731. The first kappa shape index (κ1) is 34.8. The highest BCUT2D eigenvalue weighted by Gasteiger charge is 2.24. The second-order valence-corrected chi connectivity index (χ2v) is 10.9. The van der Waals surface area contributed by atoms with Gasteiger partial charge in [0.15, 0.2) is 0 Å². The molecule has 37 heavy (non-hydrogen) atoms. The van der Waals surface area contributed by atoms with Crippen LogP contribution in [0.5, 0.6) is 0 Å². The standard InChI is InChI=1S/C31H62O6/c1-7-12-16-28(15-10-4)31-25-33-17-20-35-29(26(6)11-5)23-32-18-21-36-30(24-34-19-22-37-31)27(13-8-2)14-9-3/h26-31H,7-25H2,1-6H3. The van der Waals surface area contributed by atoms with E-state index in [1.807, 2.05) is 0 Å². The molecule has 5 unspecified atom stereocenters. The number of hydrogen-bond acceptors (Lipinski definition) is 6. The van der Waals surface area contributed by atoms with Crippen LogP contribution in [0.15, 0.2) is 0 Å². The first-order valence-corrected chi connectivity index (χ1v) is 15.7. The summed E-state index contributed by atoms with van der Waals surface area (Å²) in [4.78, 5) is 0.